The van der Waals surface area contributed by atoms with E-state index in [2.05, 4.69) is 0 Å². The number of carbonyl (C=O) groups is 2. The Balaban J connectivity index is 2.72. The average molecular weight is 273 g/mol. The summed E-state index contributed by atoms with van der Waals surface area (Å²) in [6, 6.07) is 0. The lowest BCUT2D eigenvalue weighted by Crippen LogP contribution is -2.42. The highest BCUT2D eigenvalue weighted by molar-refractivity contribution is 8.14. The van der Waals surface area contributed by atoms with Crippen molar-refractivity contribution in [1.82, 2.24) is 4.90 Å². The molecule has 0 aromatic heterocycles. The van der Waals surface area contributed by atoms with E-state index >= 15 is 0 Å². The summed E-state index contributed by atoms with van der Waals surface area (Å²) in [4.78, 5) is 25.1. The lowest BCUT2D eigenvalue weighted by Gasteiger charge is -2.31. The quantitative estimate of drug-likeness (QED) is 0.734. The molecule has 0 N–H and O–H groups in total. The molecule has 0 spiro atoms. The van der Waals surface area contributed by atoms with Crippen LogP contribution in [0.4, 0.5) is 4.79 Å². The first kappa shape index (κ1) is 15.3. The number of ether oxygens (including phenoxy) is 1. The SMILES string of the molecule is CC(=O)SC1CCCCCN1C(=O)OC(C)(C)C. The molecule has 5 heteroatoms. The van der Waals surface area contributed by atoms with E-state index in [-0.39, 0.29) is 16.6 Å². The fourth-order valence-corrected chi connectivity index (χ4v) is 2.91. The molecule has 1 atom stereocenters. The zero-order valence-corrected chi connectivity index (χ0v) is 12.5. The van der Waals surface area contributed by atoms with Crippen LogP contribution >= 0.6 is 11.8 Å². The van der Waals surface area contributed by atoms with E-state index in [1.165, 1.54) is 11.8 Å². The Morgan fingerprint density at radius 3 is 2.44 bits per heavy atom. The van der Waals surface area contributed by atoms with Gasteiger partial charge < -0.3 is 4.74 Å². The molecule has 1 fully saturated rings. The zero-order chi connectivity index (χ0) is 13.8. The van der Waals surface area contributed by atoms with Crippen molar-refractivity contribution in [3.63, 3.8) is 0 Å². The molecule has 104 valence electrons. The number of amides is 1. The number of likely N-dealkylation sites (tertiary alicyclic amines) is 1. The standard InChI is InChI=1S/C13H23NO3S/c1-10(15)18-11-8-6-5-7-9-14(11)12(16)17-13(2,3)4/h11H,5-9H2,1-4H3. The summed E-state index contributed by atoms with van der Waals surface area (Å²) in [5.74, 6) is 0. The van der Waals surface area contributed by atoms with Crippen LogP contribution in [0.3, 0.4) is 0 Å². The van der Waals surface area contributed by atoms with E-state index in [9.17, 15) is 9.59 Å². The van der Waals surface area contributed by atoms with Crippen molar-refractivity contribution < 1.29 is 14.3 Å². The van der Waals surface area contributed by atoms with Gasteiger partial charge in [-0.3, -0.25) is 9.69 Å². The molecular weight excluding hydrogens is 250 g/mol. The van der Waals surface area contributed by atoms with E-state index in [1.54, 1.807) is 11.8 Å². The normalized spacial score (nSPS) is 21.3. The first-order valence-corrected chi connectivity index (χ1v) is 7.34. The van der Waals surface area contributed by atoms with E-state index in [1.807, 2.05) is 20.8 Å². The minimum absolute atomic E-state index is 0.0514. The highest BCUT2D eigenvalue weighted by atomic mass is 32.2. The molecule has 0 saturated carbocycles. The molecule has 1 amide bonds. The van der Waals surface area contributed by atoms with Gasteiger partial charge in [-0.05, 0) is 33.6 Å². The first-order valence-electron chi connectivity index (χ1n) is 6.46. The topological polar surface area (TPSA) is 46.6 Å². The van der Waals surface area contributed by atoms with Crippen molar-refractivity contribution in [2.24, 2.45) is 0 Å². The van der Waals surface area contributed by atoms with Crippen molar-refractivity contribution in [2.45, 2.75) is 64.4 Å². The molecule has 1 aliphatic rings. The molecule has 1 aliphatic heterocycles. The molecule has 1 heterocycles. The molecule has 1 saturated heterocycles. The fourth-order valence-electron chi connectivity index (χ4n) is 1.92. The Hall–Kier alpha value is -0.710. The molecule has 18 heavy (non-hydrogen) atoms. The van der Waals surface area contributed by atoms with Crippen LogP contribution in [0, 0.1) is 0 Å². The van der Waals surface area contributed by atoms with E-state index < -0.39 is 5.60 Å². The van der Waals surface area contributed by atoms with Gasteiger partial charge in [0.1, 0.15) is 5.60 Å². The van der Waals surface area contributed by atoms with Gasteiger partial charge in [0.2, 0.25) is 0 Å². The van der Waals surface area contributed by atoms with Gasteiger partial charge in [-0.2, -0.15) is 0 Å². The average Bonchev–Trinajstić information content (AvgIpc) is 2.39. The fraction of sp³-hybridized carbons (Fsp3) is 0.846. The molecule has 1 rings (SSSR count). The van der Waals surface area contributed by atoms with Gasteiger partial charge in [-0.1, -0.05) is 24.6 Å². The Bertz CT molecular complexity index is 312. The van der Waals surface area contributed by atoms with Crippen LogP contribution < -0.4 is 0 Å². The van der Waals surface area contributed by atoms with Gasteiger partial charge >= 0.3 is 6.09 Å². The summed E-state index contributed by atoms with van der Waals surface area (Å²) in [6.45, 7) is 7.80. The van der Waals surface area contributed by atoms with Crippen molar-refractivity contribution in [3.05, 3.63) is 0 Å². The van der Waals surface area contributed by atoms with Gasteiger partial charge in [-0.25, -0.2) is 4.79 Å². The maximum absolute atomic E-state index is 12.1. The maximum atomic E-state index is 12.1. The molecule has 0 aromatic carbocycles. The second-order valence-corrected chi connectivity index (χ2v) is 6.94. The van der Waals surface area contributed by atoms with Crippen LogP contribution in [-0.4, -0.2) is 33.6 Å². The van der Waals surface area contributed by atoms with Crippen LogP contribution in [0.25, 0.3) is 0 Å². The largest absolute Gasteiger partial charge is 0.444 e. The number of hydrogen-bond acceptors (Lipinski definition) is 4. The highest BCUT2D eigenvalue weighted by Crippen LogP contribution is 2.27. The predicted octanol–water partition coefficient (Wildman–Crippen LogP) is 3.40. The number of hydrogen-bond donors (Lipinski definition) is 0. The summed E-state index contributed by atoms with van der Waals surface area (Å²) in [7, 11) is 0. The minimum atomic E-state index is -0.491. The Labute approximate surface area is 113 Å². The molecule has 1 unspecified atom stereocenters. The van der Waals surface area contributed by atoms with Crippen LogP contribution in [0.15, 0.2) is 0 Å². The second-order valence-electron chi connectivity index (χ2n) is 5.59. The van der Waals surface area contributed by atoms with Gasteiger partial charge in [0.15, 0.2) is 5.12 Å². The summed E-state index contributed by atoms with van der Waals surface area (Å²) < 4.78 is 5.41. The van der Waals surface area contributed by atoms with Crippen molar-refractivity contribution in [2.75, 3.05) is 6.54 Å². The van der Waals surface area contributed by atoms with Crippen molar-refractivity contribution in [1.29, 1.82) is 0 Å². The molecule has 0 aliphatic carbocycles. The lowest BCUT2D eigenvalue weighted by molar-refractivity contribution is -0.109. The molecule has 0 radical (unpaired) electrons. The van der Waals surface area contributed by atoms with Crippen molar-refractivity contribution in [3.8, 4) is 0 Å². The van der Waals surface area contributed by atoms with E-state index in [4.69, 9.17) is 4.74 Å². The van der Waals surface area contributed by atoms with E-state index in [0.29, 0.717) is 6.54 Å². The first-order chi connectivity index (χ1) is 8.29. The van der Waals surface area contributed by atoms with Gasteiger partial charge in [-0.15, -0.1) is 0 Å². The Morgan fingerprint density at radius 2 is 1.89 bits per heavy atom. The molecule has 0 bridgehead atoms. The van der Waals surface area contributed by atoms with Crippen LogP contribution in [0.5, 0.6) is 0 Å². The zero-order valence-electron chi connectivity index (χ0n) is 11.7. The van der Waals surface area contributed by atoms with E-state index in [0.717, 1.165) is 25.7 Å². The molecule has 0 aromatic rings. The number of rotatable bonds is 1. The third-order valence-corrected chi connectivity index (χ3v) is 3.72. The summed E-state index contributed by atoms with van der Waals surface area (Å²) >= 11 is 1.24. The minimum Gasteiger partial charge on any atom is -0.444 e. The molecule has 4 nitrogen and oxygen atoms in total. The monoisotopic (exact) mass is 273 g/mol. The third-order valence-electron chi connectivity index (χ3n) is 2.63. The Morgan fingerprint density at radius 1 is 1.22 bits per heavy atom. The number of thioether (sulfide) groups is 1. The lowest BCUT2D eigenvalue weighted by atomic mass is 10.2. The Kier molecular flexibility index (Phi) is 5.50. The van der Waals surface area contributed by atoms with Crippen LogP contribution in [0.2, 0.25) is 0 Å². The van der Waals surface area contributed by atoms with Gasteiger partial charge in [0.25, 0.3) is 0 Å². The van der Waals surface area contributed by atoms with Gasteiger partial charge in [0, 0.05) is 13.5 Å². The highest BCUT2D eigenvalue weighted by Gasteiger charge is 2.30. The third kappa shape index (κ3) is 5.29. The van der Waals surface area contributed by atoms with Crippen LogP contribution in [-0.2, 0) is 9.53 Å². The summed E-state index contributed by atoms with van der Waals surface area (Å²) in [5.41, 5.74) is -0.491. The van der Waals surface area contributed by atoms with Gasteiger partial charge in [0.05, 0.1) is 5.37 Å². The molecular formula is C13H23NO3S. The van der Waals surface area contributed by atoms with Crippen molar-refractivity contribution >= 4 is 23.0 Å². The predicted molar refractivity (Wildman–Crippen MR) is 73.5 cm³/mol. The smallest absolute Gasteiger partial charge is 0.411 e. The maximum Gasteiger partial charge on any atom is 0.411 e. The van der Waals surface area contributed by atoms with Crippen LogP contribution in [0.1, 0.15) is 53.4 Å². The summed E-state index contributed by atoms with van der Waals surface area (Å²) in [6.07, 6.45) is 3.71. The summed E-state index contributed by atoms with van der Waals surface area (Å²) in [5, 5.41) is -0.0182. The number of nitrogens with zero attached hydrogens (tertiary/aromatic N) is 1. The second kappa shape index (κ2) is 6.45. The number of carbonyl (C=O) groups excluding carboxylic acids is 2.